The van der Waals surface area contributed by atoms with E-state index in [9.17, 15) is 0 Å². The average molecular weight is 353 g/mol. The number of halogens is 1. The van der Waals surface area contributed by atoms with E-state index in [4.69, 9.17) is 0 Å². The Balaban J connectivity index is 1.74. The first-order valence-electron chi connectivity index (χ1n) is 8.39. The SMILES string of the molecule is CCNC(c1c(Br)nnn1C)C12CC3CC(CC(C3)C1)C2. The van der Waals surface area contributed by atoms with E-state index in [1.165, 1.54) is 44.2 Å². The van der Waals surface area contributed by atoms with Gasteiger partial charge in [-0.3, -0.25) is 0 Å². The van der Waals surface area contributed by atoms with Gasteiger partial charge in [-0.25, -0.2) is 4.68 Å². The zero-order valence-electron chi connectivity index (χ0n) is 13.0. The largest absolute Gasteiger partial charge is 0.308 e. The fraction of sp³-hybridized carbons (Fsp3) is 0.875. The number of rotatable bonds is 4. The molecule has 4 fully saturated rings. The quantitative estimate of drug-likeness (QED) is 0.902. The van der Waals surface area contributed by atoms with Crippen molar-refractivity contribution in [2.45, 2.75) is 51.5 Å². The molecule has 1 aromatic rings. The van der Waals surface area contributed by atoms with Gasteiger partial charge in [0.15, 0.2) is 4.60 Å². The van der Waals surface area contributed by atoms with Crippen molar-refractivity contribution in [2.75, 3.05) is 6.54 Å². The van der Waals surface area contributed by atoms with Gasteiger partial charge < -0.3 is 5.32 Å². The van der Waals surface area contributed by atoms with Crippen LogP contribution in [0.1, 0.15) is 57.2 Å². The van der Waals surface area contributed by atoms with Gasteiger partial charge in [0.2, 0.25) is 0 Å². The second kappa shape index (κ2) is 5.05. The molecule has 1 unspecified atom stereocenters. The van der Waals surface area contributed by atoms with E-state index in [0.29, 0.717) is 11.5 Å². The summed E-state index contributed by atoms with van der Waals surface area (Å²) in [5.41, 5.74) is 1.68. The molecule has 4 aliphatic rings. The van der Waals surface area contributed by atoms with Crippen LogP contribution in [0.15, 0.2) is 4.60 Å². The van der Waals surface area contributed by atoms with Crippen molar-refractivity contribution >= 4 is 15.9 Å². The molecule has 116 valence electrons. The van der Waals surface area contributed by atoms with E-state index in [1.807, 2.05) is 11.7 Å². The first kappa shape index (κ1) is 14.2. The fourth-order valence-corrected chi connectivity index (χ4v) is 6.54. The standard InChI is InChI=1S/C16H25BrN4/c1-3-18-14(13-15(17)19-20-21(13)2)16-7-10-4-11(8-16)6-12(5-10)9-16/h10-12,14,18H,3-9H2,1-2H3. The highest BCUT2D eigenvalue weighted by molar-refractivity contribution is 9.10. The molecular weight excluding hydrogens is 328 g/mol. The number of nitrogens with one attached hydrogen (secondary N) is 1. The predicted molar refractivity (Wildman–Crippen MR) is 85.7 cm³/mol. The van der Waals surface area contributed by atoms with Gasteiger partial charge in [0.25, 0.3) is 0 Å². The smallest absolute Gasteiger partial charge is 0.153 e. The molecule has 5 heteroatoms. The number of nitrogens with zero attached hydrogens (tertiary/aromatic N) is 3. The van der Waals surface area contributed by atoms with E-state index in [2.05, 4.69) is 38.5 Å². The number of hydrogen-bond donors (Lipinski definition) is 1. The molecule has 0 aliphatic heterocycles. The van der Waals surface area contributed by atoms with Crippen LogP contribution in [0.2, 0.25) is 0 Å². The number of aryl methyl sites for hydroxylation is 1. The van der Waals surface area contributed by atoms with Crippen molar-refractivity contribution < 1.29 is 0 Å². The summed E-state index contributed by atoms with van der Waals surface area (Å²) in [6.07, 6.45) is 8.66. The normalized spacial score (nSPS) is 38.9. The summed E-state index contributed by atoms with van der Waals surface area (Å²) in [5, 5.41) is 12.3. The summed E-state index contributed by atoms with van der Waals surface area (Å²) in [6, 6.07) is 0.394. The molecule has 1 aromatic heterocycles. The van der Waals surface area contributed by atoms with Crippen LogP contribution in [0.5, 0.6) is 0 Å². The minimum absolute atomic E-state index is 0.394. The monoisotopic (exact) mass is 352 g/mol. The highest BCUT2D eigenvalue weighted by Crippen LogP contribution is 2.64. The van der Waals surface area contributed by atoms with E-state index < -0.39 is 0 Å². The number of aromatic nitrogens is 3. The summed E-state index contributed by atoms with van der Waals surface area (Å²) in [4.78, 5) is 0. The van der Waals surface area contributed by atoms with Crippen LogP contribution in [0.4, 0.5) is 0 Å². The zero-order valence-corrected chi connectivity index (χ0v) is 14.6. The van der Waals surface area contributed by atoms with Crippen molar-refractivity contribution in [1.29, 1.82) is 0 Å². The number of hydrogen-bond acceptors (Lipinski definition) is 3. The van der Waals surface area contributed by atoms with Crippen molar-refractivity contribution in [2.24, 2.45) is 30.2 Å². The van der Waals surface area contributed by atoms with Gasteiger partial charge in [-0.15, -0.1) is 5.10 Å². The van der Waals surface area contributed by atoms with Gasteiger partial charge in [0.05, 0.1) is 11.7 Å². The molecule has 4 bridgehead atoms. The Kier molecular flexibility index (Phi) is 3.41. The lowest BCUT2D eigenvalue weighted by Gasteiger charge is -2.59. The van der Waals surface area contributed by atoms with Crippen LogP contribution >= 0.6 is 15.9 Å². The lowest BCUT2D eigenvalue weighted by molar-refractivity contribution is -0.0761. The molecule has 0 amide bonds. The molecule has 5 rings (SSSR count). The van der Waals surface area contributed by atoms with Crippen molar-refractivity contribution in [1.82, 2.24) is 20.3 Å². The molecule has 1 atom stereocenters. The molecule has 0 radical (unpaired) electrons. The minimum atomic E-state index is 0.394. The first-order valence-corrected chi connectivity index (χ1v) is 9.19. The van der Waals surface area contributed by atoms with E-state index in [-0.39, 0.29) is 0 Å². The Hall–Kier alpha value is -0.420. The average Bonchev–Trinajstić information content (AvgIpc) is 2.74. The Bertz CT molecular complexity index is 484. The maximum atomic E-state index is 4.24. The fourth-order valence-electron chi connectivity index (χ4n) is 5.98. The lowest BCUT2D eigenvalue weighted by Crippen LogP contribution is -2.52. The summed E-state index contributed by atoms with van der Waals surface area (Å²) in [5.74, 6) is 2.91. The summed E-state index contributed by atoms with van der Waals surface area (Å²) >= 11 is 3.63. The van der Waals surface area contributed by atoms with Gasteiger partial charge in [0.1, 0.15) is 0 Å². The molecular formula is C16H25BrN4. The Morgan fingerprint density at radius 2 is 1.81 bits per heavy atom. The minimum Gasteiger partial charge on any atom is -0.308 e. The summed E-state index contributed by atoms with van der Waals surface area (Å²) in [7, 11) is 2.03. The molecule has 21 heavy (non-hydrogen) atoms. The van der Waals surface area contributed by atoms with Gasteiger partial charge in [-0.05, 0) is 84.2 Å². The third-order valence-corrected chi connectivity index (χ3v) is 6.77. The molecule has 4 saturated carbocycles. The molecule has 1 heterocycles. The third kappa shape index (κ3) is 2.19. The van der Waals surface area contributed by atoms with E-state index >= 15 is 0 Å². The first-order chi connectivity index (χ1) is 10.1. The van der Waals surface area contributed by atoms with Gasteiger partial charge in [-0.2, -0.15) is 0 Å². The van der Waals surface area contributed by atoms with Crippen LogP contribution in [-0.2, 0) is 7.05 Å². The molecule has 1 N–H and O–H groups in total. The van der Waals surface area contributed by atoms with Crippen LogP contribution in [-0.4, -0.2) is 21.5 Å². The molecule has 4 nitrogen and oxygen atoms in total. The van der Waals surface area contributed by atoms with E-state index in [0.717, 1.165) is 28.9 Å². The van der Waals surface area contributed by atoms with Crippen LogP contribution in [0.3, 0.4) is 0 Å². The van der Waals surface area contributed by atoms with E-state index in [1.54, 1.807) is 0 Å². The molecule has 4 aliphatic carbocycles. The van der Waals surface area contributed by atoms with Crippen molar-refractivity contribution in [3.05, 3.63) is 10.3 Å². The Morgan fingerprint density at radius 1 is 1.24 bits per heavy atom. The molecule has 0 saturated heterocycles. The van der Waals surface area contributed by atoms with Crippen LogP contribution < -0.4 is 5.32 Å². The topological polar surface area (TPSA) is 42.7 Å². The third-order valence-electron chi connectivity index (χ3n) is 6.21. The second-order valence-electron chi connectivity index (χ2n) is 7.66. The van der Waals surface area contributed by atoms with Crippen molar-refractivity contribution in [3.8, 4) is 0 Å². The van der Waals surface area contributed by atoms with Gasteiger partial charge in [-0.1, -0.05) is 12.1 Å². The molecule has 0 spiro atoms. The Morgan fingerprint density at radius 3 is 2.24 bits per heavy atom. The summed E-state index contributed by atoms with van der Waals surface area (Å²) < 4.78 is 2.89. The van der Waals surface area contributed by atoms with Crippen molar-refractivity contribution in [3.63, 3.8) is 0 Å². The highest BCUT2D eigenvalue weighted by Gasteiger charge is 2.55. The molecule has 0 aromatic carbocycles. The Labute approximate surface area is 135 Å². The maximum absolute atomic E-state index is 4.24. The maximum Gasteiger partial charge on any atom is 0.153 e. The van der Waals surface area contributed by atoms with Gasteiger partial charge in [0, 0.05) is 7.05 Å². The predicted octanol–water partition coefficient (Wildman–Crippen LogP) is 3.44. The zero-order chi connectivity index (χ0) is 14.6. The van der Waals surface area contributed by atoms with Crippen LogP contribution in [0.25, 0.3) is 0 Å². The second-order valence-corrected chi connectivity index (χ2v) is 8.41. The van der Waals surface area contributed by atoms with Crippen LogP contribution in [0, 0.1) is 23.2 Å². The van der Waals surface area contributed by atoms with Gasteiger partial charge >= 0.3 is 0 Å². The highest BCUT2D eigenvalue weighted by atomic mass is 79.9. The lowest BCUT2D eigenvalue weighted by atomic mass is 9.47. The summed E-state index contributed by atoms with van der Waals surface area (Å²) in [6.45, 7) is 3.22.